The molecule has 0 amide bonds. The monoisotopic (exact) mass is 464 g/mol. The summed E-state index contributed by atoms with van der Waals surface area (Å²) in [6, 6.07) is 24.4. The minimum atomic E-state index is -3.70. The van der Waals surface area contributed by atoms with E-state index < -0.39 is 10.0 Å². The lowest BCUT2D eigenvalue weighted by atomic mass is 9.87. The zero-order valence-electron chi connectivity index (χ0n) is 18.8. The maximum absolute atomic E-state index is 13.9. The van der Waals surface area contributed by atoms with E-state index in [9.17, 15) is 8.42 Å². The molecule has 0 bridgehead atoms. The maximum Gasteiger partial charge on any atom is 0.243 e. The molecule has 6 nitrogen and oxygen atoms in total. The Morgan fingerprint density at radius 1 is 0.939 bits per heavy atom. The second-order valence-electron chi connectivity index (χ2n) is 8.75. The fourth-order valence-corrected chi connectivity index (χ4v) is 6.80. The zero-order valence-corrected chi connectivity index (χ0v) is 19.6. The van der Waals surface area contributed by atoms with E-state index in [4.69, 9.17) is 9.57 Å². The highest BCUT2D eigenvalue weighted by atomic mass is 32.2. The van der Waals surface area contributed by atoms with E-state index in [-0.39, 0.29) is 18.0 Å². The number of sulfonamides is 1. The molecule has 3 aromatic rings. The van der Waals surface area contributed by atoms with Gasteiger partial charge in [0, 0.05) is 25.6 Å². The van der Waals surface area contributed by atoms with Crippen molar-refractivity contribution >= 4 is 10.0 Å². The Morgan fingerprint density at radius 3 is 2.45 bits per heavy atom. The van der Waals surface area contributed by atoms with Gasteiger partial charge in [0.2, 0.25) is 10.0 Å². The summed E-state index contributed by atoms with van der Waals surface area (Å²) in [4.78, 5) is 6.12. The summed E-state index contributed by atoms with van der Waals surface area (Å²) in [7, 11) is -1.77. The van der Waals surface area contributed by atoms with Gasteiger partial charge in [-0.3, -0.25) is 4.84 Å². The molecule has 5 rings (SSSR count). The second-order valence-corrected chi connectivity index (χ2v) is 10.6. The van der Waals surface area contributed by atoms with Crippen LogP contribution in [0.3, 0.4) is 0 Å². The minimum absolute atomic E-state index is 0.133. The number of ether oxygens (including phenoxy) is 1. The van der Waals surface area contributed by atoms with Crippen molar-refractivity contribution in [3.63, 3.8) is 0 Å². The first-order chi connectivity index (χ1) is 15.9. The van der Waals surface area contributed by atoms with Gasteiger partial charge in [-0.15, -0.1) is 0 Å². The normalized spacial score (nSPS) is 23.9. The van der Waals surface area contributed by atoms with Gasteiger partial charge in [-0.1, -0.05) is 48.5 Å². The first-order valence-corrected chi connectivity index (χ1v) is 12.6. The summed E-state index contributed by atoms with van der Waals surface area (Å²) >= 11 is 0. The van der Waals surface area contributed by atoms with E-state index >= 15 is 0 Å². The van der Waals surface area contributed by atoms with Crippen LogP contribution in [-0.2, 0) is 14.9 Å². The number of hydroxylamine groups is 2. The van der Waals surface area contributed by atoms with Crippen LogP contribution in [0.25, 0.3) is 0 Å². The molecule has 7 heteroatoms. The van der Waals surface area contributed by atoms with Gasteiger partial charge in [0.15, 0.2) is 0 Å². The molecule has 0 saturated carbocycles. The van der Waals surface area contributed by atoms with Crippen molar-refractivity contribution in [2.45, 2.75) is 30.3 Å². The van der Waals surface area contributed by atoms with Gasteiger partial charge in [0.25, 0.3) is 0 Å². The molecular formula is C26H28N2O4S. The molecule has 172 valence electrons. The fraction of sp³-hybridized carbons (Fsp3) is 0.308. The van der Waals surface area contributed by atoms with Crippen LogP contribution in [0.2, 0.25) is 0 Å². The van der Waals surface area contributed by atoms with Gasteiger partial charge < -0.3 is 4.74 Å². The summed E-state index contributed by atoms with van der Waals surface area (Å²) < 4.78 is 35.5. The highest BCUT2D eigenvalue weighted by molar-refractivity contribution is 7.89. The molecule has 2 aliphatic rings. The van der Waals surface area contributed by atoms with Crippen LogP contribution >= 0.6 is 0 Å². The van der Waals surface area contributed by atoms with Gasteiger partial charge in [0.1, 0.15) is 11.5 Å². The molecule has 2 heterocycles. The molecule has 0 N–H and O–H groups in total. The van der Waals surface area contributed by atoms with Crippen LogP contribution < -0.4 is 4.74 Å². The summed E-state index contributed by atoms with van der Waals surface area (Å²) in [6.07, 6.45) is 0.654. The Hall–Kier alpha value is -2.71. The van der Waals surface area contributed by atoms with Crippen LogP contribution in [0.4, 0.5) is 0 Å². The van der Waals surface area contributed by atoms with Crippen molar-refractivity contribution in [2.24, 2.45) is 5.92 Å². The molecule has 0 aromatic heterocycles. The predicted molar refractivity (Wildman–Crippen MR) is 126 cm³/mol. The Balaban J connectivity index is 1.53. The topological polar surface area (TPSA) is 59.1 Å². The Kier molecular flexibility index (Phi) is 5.97. The predicted octanol–water partition coefficient (Wildman–Crippen LogP) is 4.78. The number of fused-ring (bicyclic) bond motifs is 1. The number of hydrogen-bond donors (Lipinski definition) is 0. The molecule has 2 saturated heterocycles. The SMILES string of the molecule is Cc1ccccc1S(=O)(=O)N1C[C@H]2CON(C)[C@H]2C[C@H]1c1cccc(Oc2ccccc2)c1. The van der Waals surface area contributed by atoms with Crippen LogP contribution in [-0.4, -0.2) is 44.0 Å². The summed E-state index contributed by atoms with van der Waals surface area (Å²) in [6.45, 7) is 2.79. The number of aryl methyl sites for hydroxylation is 1. The van der Waals surface area contributed by atoms with E-state index in [0.717, 1.165) is 16.9 Å². The summed E-state index contributed by atoms with van der Waals surface area (Å²) in [5, 5.41) is 1.89. The van der Waals surface area contributed by atoms with E-state index in [1.807, 2.05) is 85.8 Å². The quantitative estimate of drug-likeness (QED) is 0.544. The highest BCUT2D eigenvalue weighted by Gasteiger charge is 2.47. The van der Waals surface area contributed by atoms with E-state index in [2.05, 4.69) is 0 Å². The van der Waals surface area contributed by atoms with Gasteiger partial charge in [-0.05, 0) is 54.8 Å². The molecule has 3 atom stereocenters. The number of rotatable bonds is 5. The number of para-hydroxylation sites is 1. The first kappa shape index (κ1) is 22.1. The Labute approximate surface area is 195 Å². The third kappa shape index (κ3) is 4.29. The standard InChI is InChI=1S/C26H28N2O4S/c1-19-9-6-7-14-26(19)33(29,30)28-17-21-18-31-27(2)24(21)16-25(28)20-10-8-13-23(15-20)32-22-11-4-3-5-12-22/h3-15,21,24-25H,16-18H2,1-2H3/t21-,24-,25-/m0/s1. The Morgan fingerprint density at radius 2 is 1.67 bits per heavy atom. The van der Waals surface area contributed by atoms with Crippen LogP contribution in [0.15, 0.2) is 83.8 Å². The molecule has 3 aromatic carbocycles. The Bertz CT molecular complexity index is 1230. The minimum Gasteiger partial charge on any atom is -0.457 e. The van der Waals surface area contributed by atoms with E-state index in [1.54, 1.807) is 16.4 Å². The number of hydrogen-bond acceptors (Lipinski definition) is 5. The largest absolute Gasteiger partial charge is 0.457 e. The third-order valence-electron chi connectivity index (χ3n) is 6.63. The third-order valence-corrected chi connectivity index (χ3v) is 8.67. The van der Waals surface area contributed by atoms with Crippen molar-refractivity contribution < 1.29 is 18.0 Å². The lowest BCUT2D eigenvalue weighted by Crippen LogP contribution is -2.49. The van der Waals surface area contributed by atoms with Crippen molar-refractivity contribution in [1.29, 1.82) is 0 Å². The van der Waals surface area contributed by atoms with E-state index in [1.165, 1.54) is 0 Å². The van der Waals surface area contributed by atoms with Crippen LogP contribution in [0, 0.1) is 12.8 Å². The maximum atomic E-state index is 13.9. The molecule has 0 aliphatic carbocycles. The molecule has 0 spiro atoms. The van der Waals surface area contributed by atoms with Crippen LogP contribution in [0.5, 0.6) is 11.5 Å². The lowest BCUT2D eigenvalue weighted by Gasteiger charge is -2.41. The molecule has 0 radical (unpaired) electrons. The van der Waals surface area contributed by atoms with Crippen molar-refractivity contribution in [2.75, 3.05) is 20.2 Å². The van der Waals surface area contributed by atoms with Crippen molar-refractivity contribution in [1.82, 2.24) is 9.37 Å². The second kappa shape index (κ2) is 8.91. The van der Waals surface area contributed by atoms with Gasteiger partial charge in [-0.25, -0.2) is 8.42 Å². The number of nitrogens with zero attached hydrogens (tertiary/aromatic N) is 2. The molecule has 33 heavy (non-hydrogen) atoms. The molecule has 0 unspecified atom stereocenters. The molecular weight excluding hydrogens is 436 g/mol. The van der Waals surface area contributed by atoms with Crippen molar-refractivity contribution in [3.05, 3.63) is 90.0 Å². The average molecular weight is 465 g/mol. The number of benzene rings is 3. The lowest BCUT2D eigenvalue weighted by molar-refractivity contribution is -0.113. The molecule has 2 fully saturated rings. The van der Waals surface area contributed by atoms with E-state index in [0.29, 0.717) is 30.2 Å². The van der Waals surface area contributed by atoms with Gasteiger partial charge in [0.05, 0.1) is 17.5 Å². The van der Waals surface area contributed by atoms with Gasteiger partial charge >= 0.3 is 0 Å². The van der Waals surface area contributed by atoms with Crippen molar-refractivity contribution in [3.8, 4) is 11.5 Å². The van der Waals surface area contributed by atoms with Gasteiger partial charge in [-0.2, -0.15) is 9.37 Å². The summed E-state index contributed by atoms with van der Waals surface area (Å²) in [5.41, 5.74) is 1.67. The number of piperidine rings is 1. The molecule has 2 aliphatic heterocycles. The average Bonchev–Trinajstić information content (AvgIpc) is 3.19. The summed E-state index contributed by atoms with van der Waals surface area (Å²) in [5.74, 6) is 1.56. The highest BCUT2D eigenvalue weighted by Crippen LogP contribution is 2.42. The zero-order chi connectivity index (χ0) is 23.0. The first-order valence-electron chi connectivity index (χ1n) is 11.2. The smallest absolute Gasteiger partial charge is 0.243 e. The fourth-order valence-electron chi connectivity index (χ4n) is 4.89. The van der Waals surface area contributed by atoms with Crippen LogP contribution in [0.1, 0.15) is 23.6 Å².